The minimum absolute atomic E-state index is 0.945. The fourth-order valence-corrected chi connectivity index (χ4v) is 2.07. The molecule has 0 amide bonds. The van der Waals surface area contributed by atoms with Crippen LogP contribution in [0.15, 0.2) is 42.5 Å². The lowest BCUT2D eigenvalue weighted by Crippen LogP contribution is -1.91. The second-order valence-corrected chi connectivity index (χ2v) is 5.49. The van der Waals surface area contributed by atoms with Crippen molar-refractivity contribution >= 4 is 24.7 Å². The van der Waals surface area contributed by atoms with E-state index in [0.29, 0.717) is 0 Å². The highest BCUT2D eigenvalue weighted by Gasteiger charge is 2.07. The van der Waals surface area contributed by atoms with Crippen molar-refractivity contribution < 1.29 is 18.9 Å². The normalized spacial score (nSPS) is 13.0. The summed E-state index contributed by atoms with van der Waals surface area (Å²) in [4.78, 5) is 15.4. The molecule has 3 rings (SSSR count). The zero-order valence-electron chi connectivity index (χ0n) is 10.5. The highest BCUT2D eigenvalue weighted by molar-refractivity contribution is 7.46. The largest absolute Gasteiger partial charge is 0.469 e. The minimum Gasteiger partial charge on any atom is -0.303 e. The molecule has 0 radical (unpaired) electrons. The van der Waals surface area contributed by atoms with Gasteiger partial charge in [0, 0.05) is 7.11 Å². The lowest BCUT2D eigenvalue weighted by atomic mass is 9.93. The van der Waals surface area contributed by atoms with E-state index in [1.165, 1.54) is 21.9 Å². The van der Waals surface area contributed by atoms with Gasteiger partial charge in [0.2, 0.25) is 0 Å². The van der Waals surface area contributed by atoms with Crippen LogP contribution >= 0.6 is 7.82 Å². The molecule has 2 aromatic rings. The Morgan fingerprint density at radius 3 is 2.42 bits per heavy atom. The Bertz CT molecular complexity index is 652. The van der Waals surface area contributed by atoms with Crippen LogP contribution in [0, 0.1) is 0 Å². The van der Waals surface area contributed by atoms with E-state index in [1.54, 1.807) is 0 Å². The Morgan fingerprint density at radius 1 is 1.16 bits per heavy atom. The number of allylic oxidation sites excluding steroid dienone is 1. The molecule has 0 unspecified atom stereocenters. The van der Waals surface area contributed by atoms with Gasteiger partial charge >= 0.3 is 7.82 Å². The summed E-state index contributed by atoms with van der Waals surface area (Å²) in [5.74, 6) is 0. The second-order valence-electron chi connectivity index (χ2n) is 4.14. The highest BCUT2D eigenvalue weighted by Crippen LogP contribution is 2.33. The number of hydrogen-bond donors (Lipinski definition) is 2. The summed E-state index contributed by atoms with van der Waals surface area (Å²) in [6, 6.07) is 13.0. The zero-order chi connectivity index (χ0) is 13.9. The van der Waals surface area contributed by atoms with Crippen LogP contribution in [0.1, 0.15) is 11.1 Å². The van der Waals surface area contributed by atoms with Crippen LogP contribution in [-0.4, -0.2) is 16.9 Å². The Labute approximate surface area is 111 Å². The topological polar surface area (TPSA) is 66.8 Å². The molecule has 2 aromatic carbocycles. The molecule has 0 fully saturated rings. The van der Waals surface area contributed by atoms with Gasteiger partial charge in [-0.25, -0.2) is 4.57 Å². The Morgan fingerprint density at radius 2 is 1.79 bits per heavy atom. The molecule has 0 aliphatic heterocycles. The van der Waals surface area contributed by atoms with Gasteiger partial charge in [0.05, 0.1) is 0 Å². The summed E-state index contributed by atoms with van der Waals surface area (Å²) in [6.07, 6.45) is 5.53. The summed E-state index contributed by atoms with van der Waals surface area (Å²) in [5, 5.41) is 2.80. The molecule has 2 N–H and O–H groups in total. The average molecular weight is 278 g/mol. The second kappa shape index (κ2) is 5.68. The van der Waals surface area contributed by atoms with E-state index in [1.807, 2.05) is 0 Å². The molecular weight excluding hydrogens is 263 g/mol. The van der Waals surface area contributed by atoms with Crippen molar-refractivity contribution in [2.75, 3.05) is 7.11 Å². The van der Waals surface area contributed by atoms with Crippen LogP contribution in [-0.2, 0) is 15.5 Å². The first kappa shape index (κ1) is 14.0. The van der Waals surface area contributed by atoms with Crippen molar-refractivity contribution in [2.45, 2.75) is 6.42 Å². The number of rotatable bonds is 1. The molecule has 0 saturated heterocycles. The van der Waals surface area contributed by atoms with Gasteiger partial charge in [-0.05, 0) is 28.3 Å². The molecule has 19 heavy (non-hydrogen) atoms. The first-order valence-electron chi connectivity index (χ1n) is 5.80. The molecule has 0 bridgehead atoms. The maximum Gasteiger partial charge on any atom is 0.469 e. The first-order valence-corrected chi connectivity index (χ1v) is 7.33. The number of benzene rings is 2. The SMILES string of the molecule is C1=Cc2cccc3cccc(c23)C1.COP(=O)(O)O. The summed E-state index contributed by atoms with van der Waals surface area (Å²) in [5.41, 5.74) is 2.81. The predicted octanol–water partition coefficient (Wildman–Crippen LogP) is 3.13. The summed E-state index contributed by atoms with van der Waals surface area (Å²) in [6.45, 7) is 0. The summed E-state index contributed by atoms with van der Waals surface area (Å²) in [7, 11) is -3.20. The molecule has 1 aliphatic carbocycles. The van der Waals surface area contributed by atoms with Gasteiger partial charge in [-0.3, -0.25) is 4.52 Å². The van der Waals surface area contributed by atoms with Crippen molar-refractivity contribution in [3.63, 3.8) is 0 Å². The fraction of sp³-hybridized carbons (Fsp3) is 0.143. The van der Waals surface area contributed by atoms with Gasteiger partial charge in [0.25, 0.3) is 0 Å². The van der Waals surface area contributed by atoms with E-state index in [-0.39, 0.29) is 0 Å². The van der Waals surface area contributed by atoms with E-state index in [0.717, 1.165) is 13.5 Å². The lowest BCUT2D eigenvalue weighted by Gasteiger charge is -2.11. The van der Waals surface area contributed by atoms with Gasteiger partial charge in [0.1, 0.15) is 0 Å². The van der Waals surface area contributed by atoms with Gasteiger partial charge in [-0.2, -0.15) is 0 Å². The molecule has 0 spiro atoms. The maximum atomic E-state index is 9.47. The number of phosphoric ester groups is 1. The van der Waals surface area contributed by atoms with E-state index in [9.17, 15) is 4.57 Å². The summed E-state index contributed by atoms with van der Waals surface area (Å²) >= 11 is 0. The van der Waals surface area contributed by atoms with Crippen LogP contribution < -0.4 is 0 Å². The predicted molar refractivity (Wildman–Crippen MR) is 75.7 cm³/mol. The van der Waals surface area contributed by atoms with Gasteiger partial charge in [-0.1, -0.05) is 48.6 Å². The first-order chi connectivity index (χ1) is 9.01. The van der Waals surface area contributed by atoms with Gasteiger partial charge in [0.15, 0.2) is 0 Å². The van der Waals surface area contributed by atoms with Crippen LogP contribution in [0.3, 0.4) is 0 Å². The van der Waals surface area contributed by atoms with Crippen molar-refractivity contribution in [2.24, 2.45) is 0 Å². The molecule has 1 aliphatic rings. The van der Waals surface area contributed by atoms with E-state index in [4.69, 9.17) is 9.79 Å². The lowest BCUT2D eigenvalue weighted by molar-refractivity contribution is 0.235. The Hall–Kier alpha value is -1.45. The molecule has 0 saturated carbocycles. The van der Waals surface area contributed by atoms with E-state index < -0.39 is 7.82 Å². The number of hydrogen-bond acceptors (Lipinski definition) is 2. The zero-order valence-corrected chi connectivity index (χ0v) is 11.4. The smallest absolute Gasteiger partial charge is 0.303 e. The van der Waals surface area contributed by atoms with Crippen LogP contribution in [0.4, 0.5) is 0 Å². The quantitative estimate of drug-likeness (QED) is 0.786. The van der Waals surface area contributed by atoms with E-state index in [2.05, 4.69) is 53.1 Å². The van der Waals surface area contributed by atoms with Crippen LogP contribution in [0.2, 0.25) is 0 Å². The number of phosphoric acid groups is 1. The van der Waals surface area contributed by atoms with Gasteiger partial charge < -0.3 is 9.79 Å². The highest BCUT2D eigenvalue weighted by atomic mass is 31.2. The van der Waals surface area contributed by atoms with Crippen molar-refractivity contribution in [3.8, 4) is 0 Å². The van der Waals surface area contributed by atoms with Gasteiger partial charge in [-0.15, -0.1) is 0 Å². The third-order valence-electron chi connectivity index (χ3n) is 2.90. The molecule has 4 nitrogen and oxygen atoms in total. The van der Waals surface area contributed by atoms with Crippen molar-refractivity contribution in [1.29, 1.82) is 0 Å². The Balaban J connectivity index is 0.000000192. The molecule has 0 heterocycles. The molecule has 5 heteroatoms. The average Bonchev–Trinajstić information content (AvgIpc) is 2.40. The third kappa shape index (κ3) is 3.52. The fourth-order valence-electron chi connectivity index (χ4n) is 2.07. The Kier molecular flexibility index (Phi) is 4.17. The molecular formula is C14H15O4P. The van der Waals surface area contributed by atoms with Crippen molar-refractivity contribution in [1.82, 2.24) is 0 Å². The summed E-state index contributed by atoms with van der Waals surface area (Å²) < 4.78 is 13.1. The van der Waals surface area contributed by atoms with Crippen LogP contribution in [0.5, 0.6) is 0 Å². The molecule has 100 valence electrons. The monoisotopic (exact) mass is 278 g/mol. The third-order valence-corrected chi connectivity index (χ3v) is 3.37. The molecule has 0 aromatic heterocycles. The minimum atomic E-state index is -4.15. The maximum absolute atomic E-state index is 9.47. The van der Waals surface area contributed by atoms with Crippen molar-refractivity contribution in [3.05, 3.63) is 53.6 Å². The van der Waals surface area contributed by atoms with E-state index >= 15 is 0 Å². The standard InChI is InChI=1S/C13H10.CH5O4P/c1-4-10-6-2-8-12-9-3-7-11(5-1)13(10)12;1-5-6(2,3)4/h1-8H,9H2;1H3,(H2,2,3,4). The van der Waals surface area contributed by atoms with Crippen LogP contribution in [0.25, 0.3) is 16.8 Å². The molecule has 0 atom stereocenters.